The van der Waals surface area contributed by atoms with Crippen LogP contribution in [0.3, 0.4) is 0 Å². The van der Waals surface area contributed by atoms with E-state index in [0.29, 0.717) is 36.0 Å². The van der Waals surface area contributed by atoms with Crippen molar-refractivity contribution in [2.75, 3.05) is 19.7 Å². The number of rotatable bonds is 7. The number of aliphatic carboxylic acids is 1. The lowest BCUT2D eigenvalue weighted by Gasteiger charge is -2.53. The Kier molecular flexibility index (Phi) is 8.06. The molecule has 8 heteroatoms. The van der Waals surface area contributed by atoms with Crippen molar-refractivity contribution in [3.05, 3.63) is 69.7 Å². The molecule has 1 amide bonds. The number of likely N-dealkylation sites (tertiary alicyclic amines) is 1. The molecular formula is C27H32Cl2N2O4. The van der Waals surface area contributed by atoms with Crippen molar-refractivity contribution in [2.24, 2.45) is 5.41 Å². The molecule has 0 radical (unpaired) electrons. The third-order valence-corrected chi connectivity index (χ3v) is 7.78. The summed E-state index contributed by atoms with van der Waals surface area (Å²) in [6.45, 7) is 5.79. The minimum absolute atomic E-state index is 0.154. The van der Waals surface area contributed by atoms with Crippen LogP contribution in [0.2, 0.25) is 10.0 Å². The Hall–Kier alpha value is -2.12. The van der Waals surface area contributed by atoms with E-state index in [0.717, 1.165) is 17.7 Å². The van der Waals surface area contributed by atoms with Crippen LogP contribution in [-0.2, 0) is 14.3 Å². The molecule has 6 nitrogen and oxygen atoms in total. The zero-order valence-corrected chi connectivity index (χ0v) is 21.6. The van der Waals surface area contributed by atoms with Crippen LogP contribution in [0.15, 0.2) is 48.5 Å². The molecule has 2 aliphatic rings. The zero-order chi connectivity index (χ0) is 25.2. The number of hydrogen-bond donors (Lipinski definition) is 2. The standard InChI is InChI=1S/C27H32Cl2N2O4/c1-3-22(23-16-30-11-12-35-23)31-25(17-7-9-19(28)10-8-17)21(18-5-4-6-20(29)13-18)14-27(2,26(31)34)15-24(32)33/h4-10,13,21-23,25,30H,3,11-12,14-16H2,1-2H3,(H,32,33). The molecule has 2 fully saturated rings. The second-order valence-corrected chi connectivity index (χ2v) is 10.7. The lowest BCUT2D eigenvalue weighted by atomic mass is 9.66. The van der Waals surface area contributed by atoms with E-state index >= 15 is 0 Å². The van der Waals surface area contributed by atoms with E-state index in [-0.39, 0.29) is 36.4 Å². The molecule has 35 heavy (non-hydrogen) atoms. The fourth-order valence-corrected chi connectivity index (χ4v) is 6.04. The Labute approximate surface area is 216 Å². The molecule has 2 aliphatic heterocycles. The van der Waals surface area contributed by atoms with E-state index in [2.05, 4.69) is 5.32 Å². The lowest BCUT2D eigenvalue weighted by molar-refractivity contribution is -0.165. The zero-order valence-electron chi connectivity index (χ0n) is 20.0. The van der Waals surface area contributed by atoms with E-state index in [4.69, 9.17) is 27.9 Å². The number of carbonyl (C=O) groups excluding carboxylic acids is 1. The largest absolute Gasteiger partial charge is 0.481 e. The Bertz CT molecular complexity index is 1060. The number of benzene rings is 2. The van der Waals surface area contributed by atoms with Gasteiger partial charge in [-0.2, -0.15) is 0 Å². The van der Waals surface area contributed by atoms with Crippen molar-refractivity contribution < 1.29 is 19.4 Å². The summed E-state index contributed by atoms with van der Waals surface area (Å²) in [5.41, 5.74) is 0.855. The summed E-state index contributed by atoms with van der Waals surface area (Å²) in [6.07, 6.45) is 0.628. The molecule has 0 aliphatic carbocycles. The number of carboxylic acid groups (broad SMARTS) is 1. The van der Waals surface area contributed by atoms with Crippen LogP contribution in [0.1, 0.15) is 56.2 Å². The summed E-state index contributed by atoms with van der Waals surface area (Å²) in [4.78, 5) is 28.1. The molecule has 0 aromatic heterocycles. The molecule has 0 bridgehead atoms. The van der Waals surface area contributed by atoms with Gasteiger partial charge in [0.25, 0.3) is 0 Å². The Morgan fingerprint density at radius 2 is 1.94 bits per heavy atom. The second-order valence-electron chi connectivity index (χ2n) is 9.79. The van der Waals surface area contributed by atoms with Crippen LogP contribution in [-0.4, -0.2) is 53.7 Å². The third-order valence-electron chi connectivity index (χ3n) is 7.29. The minimum Gasteiger partial charge on any atom is -0.481 e. The highest BCUT2D eigenvalue weighted by molar-refractivity contribution is 6.30. The monoisotopic (exact) mass is 518 g/mol. The highest BCUT2D eigenvalue weighted by atomic mass is 35.5. The van der Waals surface area contributed by atoms with Crippen LogP contribution in [0, 0.1) is 5.41 Å². The average Bonchev–Trinajstić information content (AvgIpc) is 2.83. The second kappa shape index (κ2) is 10.9. The predicted octanol–water partition coefficient (Wildman–Crippen LogP) is 5.30. The van der Waals surface area contributed by atoms with E-state index in [1.165, 1.54) is 0 Å². The molecule has 5 atom stereocenters. The number of hydrogen-bond acceptors (Lipinski definition) is 4. The lowest BCUT2D eigenvalue weighted by Crippen LogP contribution is -2.61. The number of nitrogens with one attached hydrogen (secondary N) is 1. The Balaban J connectivity index is 1.89. The van der Waals surface area contributed by atoms with Crippen molar-refractivity contribution >= 4 is 35.1 Å². The molecule has 2 aromatic rings. The SMILES string of the molecule is CCC(C1CNCCO1)N1C(=O)C(C)(CC(=O)O)CC(c2cccc(Cl)c2)C1c1ccc(Cl)cc1. The summed E-state index contributed by atoms with van der Waals surface area (Å²) < 4.78 is 6.13. The average molecular weight is 519 g/mol. The first-order valence-corrected chi connectivity index (χ1v) is 12.9. The summed E-state index contributed by atoms with van der Waals surface area (Å²) >= 11 is 12.6. The van der Waals surface area contributed by atoms with Gasteiger partial charge in [0, 0.05) is 29.1 Å². The molecule has 5 unspecified atom stereocenters. The van der Waals surface area contributed by atoms with Crippen molar-refractivity contribution in [3.8, 4) is 0 Å². The van der Waals surface area contributed by atoms with Gasteiger partial charge in [0.15, 0.2) is 0 Å². The highest BCUT2D eigenvalue weighted by Crippen LogP contribution is 2.52. The van der Waals surface area contributed by atoms with Gasteiger partial charge in [0.2, 0.25) is 5.91 Å². The fraction of sp³-hybridized carbons (Fsp3) is 0.481. The number of nitrogens with zero attached hydrogens (tertiary/aromatic N) is 1. The van der Waals surface area contributed by atoms with Gasteiger partial charge < -0.3 is 20.1 Å². The van der Waals surface area contributed by atoms with E-state index in [1.54, 1.807) is 6.92 Å². The van der Waals surface area contributed by atoms with Gasteiger partial charge in [-0.1, -0.05) is 61.3 Å². The quantitative estimate of drug-likeness (QED) is 0.519. The van der Waals surface area contributed by atoms with Gasteiger partial charge in [0.05, 0.1) is 36.6 Å². The van der Waals surface area contributed by atoms with Crippen LogP contribution in [0.25, 0.3) is 0 Å². The highest BCUT2D eigenvalue weighted by Gasteiger charge is 2.53. The van der Waals surface area contributed by atoms with E-state index in [1.807, 2.05) is 60.4 Å². The Morgan fingerprint density at radius 1 is 1.20 bits per heavy atom. The maximum absolute atomic E-state index is 14.3. The number of carbonyl (C=O) groups is 2. The number of ether oxygens (including phenoxy) is 1. The predicted molar refractivity (Wildman–Crippen MR) is 137 cm³/mol. The molecule has 2 saturated heterocycles. The third kappa shape index (κ3) is 5.51. The van der Waals surface area contributed by atoms with Crippen molar-refractivity contribution in [1.82, 2.24) is 10.2 Å². The van der Waals surface area contributed by atoms with Crippen LogP contribution in [0.5, 0.6) is 0 Å². The topological polar surface area (TPSA) is 78.9 Å². The summed E-state index contributed by atoms with van der Waals surface area (Å²) in [7, 11) is 0. The smallest absolute Gasteiger partial charge is 0.304 e. The van der Waals surface area contributed by atoms with Crippen LogP contribution < -0.4 is 5.32 Å². The van der Waals surface area contributed by atoms with Gasteiger partial charge in [-0.25, -0.2) is 0 Å². The van der Waals surface area contributed by atoms with Gasteiger partial charge in [-0.3, -0.25) is 9.59 Å². The van der Waals surface area contributed by atoms with Crippen molar-refractivity contribution in [2.45, 2.75) is 57.2 Å². The molecule has 2 N–H and O–H groups in total. The number of morpholine rings is 1. The van der Waals surface area contributed by atoms with Gasteiger partial charge in [0.1, 0.15) is 0 Å². The first-order chi connectivity index (χ1) is 16.7. The number of amides is 1. The fourth-order valence-electron chi connectivity index (χ4n) is 5.72. The molecule has 4 rings (SSSR count). The van der Waals surface area contributed by atoms with Crippen LogP contribution >= 0.6 is 23.2 Å². The first kappa shape index (κ1) is 26.0. The molecule has 0 saturated carbocycles. The summed E-state index contributed by atoms with van der Waals surface area (Å²) in [6, 6.07) is 14.7. The van der Waals surface area contributed by atoms with Crippen molar-refractivity contribution in [1.29, 1.82) is 0 Å². The van der Waals surface area contributed by atoms with Crippen LogP contribution in [0.4, 0.5) is 0 Å². The summed E-state index contributed by atoms with van der Waals surface area (Å²) in [5, 5.41) is 14.3. The maximum atomic E-state index is 14.3. The number of carboxylic acids is 1. The molecule has 0 spiro atoms. The molecular weight excluding hydrogens is 487 g/mol. The Morgan fingerprint density at radius 3 is 2.54 bits per heavy atom. The number of piperidine rings is 1. The number of halogens is 2. The summed E-state index contributed by atoms with van der Waals surface area (Å²) in [5.74, 6) is -1.30. The van der Waals surface area contributed by atoms with Crippen molar-refractivity contribution in [3.63, 3.8) is 0 Å². The van der Waals surface area contributed by atoms with E-state index < -0.39 is 11.4 Å². The minimum atomic E-state index is -1.07. The molecule has 188 valence electrons. The molecule has 2 heterocycles. The van der Waals surface area contributed by atoms with E-state index in [9.17, 15) is 14.7 Å². The maximum Gasteiger partial charge on any atom is 0.304 e. The normalized spacial score (nSPS) is 28.1. The van der Waals surface area contributed by atoms with Gasteiger partial charge in [-0.05, 0) is 48.2 Å². The van der Waals surface area contributed by atoms with Gasteiger partial charge in [-0.15, -0.1) is 0 Å². The molecule has 2 aromatic carbocycles. The first-order valence-electron chi connectivity index (χ1n) is 12.1. The van der Waals surface area contributed by atoms with Gasteiger partial charge >= 0.3 is 5.97 Å².